The number of hydrogen-bond acceptors (Lipinski definition) is 9. The predicted molar refractivity (Wildman–Crippen MR) is 105 cm³/mol. The fourth-order valence-electron chi connectivity index (χ4n) is 2.82. The van der Waals surface area contributed by atoms with Gasteiger partial charge in [-0.3, -0.25) is 4.79 Å². The number of rotatable bonds is 6. The normalized spacial score (nSPS) is 10.9. The third-order valence-corrected chi connectivity index (χ3v) is 5.14. The minimum Gasteiger partial charge on any atom is -0.465 e. The van der Waals surface area contributed by atoms with Crippen LogP contribution in [0.2, 0.25) is 0 Å². The molecule has 0 saturated heterocycles. The Kier molecular flexibility index (Phi) is 6.02. The molecule has 0 aromatic carbocycles. The summed E-state index contributed by atoms with van der Waals surface area (Å²) in [4.78, 5) is 44.9. The molecular weight excluding hydrogens is 398 g/mol. The summed E-state index contributed by atoms with van der Waals surface area (Å²) < 4.78 is 16.6. The number of hydrogen-bond donors (Lipinski definition) is 0. The summed E-state index contributed by atoms with van der Waals surface area (Å²) in [5.74, 6) is -0.216. The first-order chi connectivity index (χ1) is 13.9. The van der Waals surface area contributed by atoms with E-state index in [0.717, 1.165) is 0 Å². The molecule has 9 nitrogen and oxygen atoms in total. The maximum atomic E-state index is 12.7. The average Bonchev–Trinajstić information content (AvgIpc) is 3.19. The van der Waals surface area contributed by atoms with Gasteiger partial charge in [-0.2, -0.15) is 4.98 Å². The smallest absolute Gasteiger partial charge is 0.373 e. The van der Waals surface area contributed by atoms with Crippen molar-refractivity contribution < 1.29 is 23.5 Å². The van der Waals surface area contributed by atoms with E-state index in [0.29, 0.717) is 34.6 Å². The zero-order valence-corrected chi connectivity index (χ0v) is 17.2. The van der Waals surface area contributed by atoms with Gasteiger partial charge >= 0.3 is 11.9 Å². The van der Waals surface area contributed by atoms with E-state index in [2.05, 4.69) is 14.7 Å². The Morgan fingerprint density at radius 3 is 2.55 bits per heavy atom. The molecule has 0 spiro atoms. The minimum absolute atomic E-state index is 0.0995. The highest BCUT2D eigenvalue weighted by atomic mass is 32.2. The Morgan fingerprint density at radius 1 is 1.17 bits per heavy atom. The van der Waals surface area contributed by atoms with Gasteiger partial charge in [0.15, 0.2) is 5.16 Å². The fourth-order valence-corrected chi connectivity index (χ4v) is 3.77. The van der Waals surface area contributed by atoms with Gasteiger partial charge in [0.05, 0.1) is 30.9 Å². The van der Waals surface area contributed by atoms with E-state index in [1.54, 1.807) is 17.6 Å². The van der Waals surface area contributed by atoms with E-state index in [9.17, 15) is 14.4 Å². The summed E-state index contributed by atoms with van der Waals surface area (Å²) in [6.45, 7) is 4.11. The molecule has 152 valence electrons. The molecule has 0 amide bonds. The molecule has 0 aliphatic heterocycles. The molecule has 3 rings (SSSR count). The second-order valence-corrected chi connectivity index (χ2v) is 6.93. The van der Waals surface area contributed by atoms with Crippen LogP contribution in [0.15, 0.2) is 32.6 Å². The van der Waals surface area contributed by atoms with E-state index in [4.69, 9.17) is 9.15 Å². The molecule has 0 N–H and O–H groups in total. The molecular formula is C19H19N3O6S. The molecule has 0 bridgehead atoms. The van der Waals surface area contributed by atoms with Gasteiger partial charge in [0, 0.05) is 12.2 Å². The van der Waals surface area contributed by atoms with Crippen molar-refractivity contribution in [1.82, 2.24) is 14.5 Å². The number of fused-ring (bicyclic) bond motifs is 1. The molecule has 0 saturated carbocycles. The number of ether oxygens (including phenoxy) is 2. The number of aryl methyl sites for hydroxylation is 2. The molecule has 3 aromatic rings. The van der Waals surface area contributed by atoms with Gasteiger partial charge < -0.3 is 18.5 Å². The van der Waals surface area contributed by atoms with Crippen molar-refractivity contribution in [1.29, 1.82) is 0 Å². The molecule has 0 unspecified atom stereocenters. The third-order valence-electron chi connectivity index (χ3n) is 4.14. The van der Waals surface area contributed by atoms with Crippen LogP contribution in [0.1, 0.15) is 39.3 Å². The molecule has 10 heteroatoms. The first kappa shape index (κ1) is 20.6. The number of pyridine rings is 1. The van der Waals surface area contributed by atoms with Crippen LogP contribution in [0, 0.1) is 6.92 Å². The quantitative estimate of drug-likeness (QED) is 0.339. The van der Waals surface area contributed by atoms with E-state index >= 15 is 0 Å². The Morgan fingerprint density at radius 2 is 1.90 bits per heavy atom. The number of carbonyl (C=O) groups is 2. The van der Waals surface area contributed by atoms with Crippen molar-refractivity contribution in [3.63, 3.8) is 0 Å². The first-order valence-corrected chi connectivity index (χ1v) is 9.68. The number of esters is 2. The van der Waals surface area contributed by atoms with Crippen LogP contribution in [0.3, 0.4) is 0 Å². The van der Waals surface area contributed by atoms with Gasteiger partial charge in [0.1, 0.15) is 11.4 Å². The Labute approximate surface area is 170 Å². The van der Waals surface area contributed by atoms with Crippen molar-refractivity contribution in [3.8, 4) is 0 Å². The number of aromatic nitrogens is 3. The van der Waals surface area contributed by atoms with Crippen molar-refractivity contribution in [2.75, 3.05) is 14.2 Å². The highest BCUT2D eigenvalue weighted by molar-refractivity contribution is 7.98. The zero-order valence-electron chi connectivity index (χ0n) is 16.3. The largest absolute Gasteiger partial charge is 0.465 e. The van der Waals surface area contributed by atoms with Gasteiger partial charge in [0.25, 0.3) is 5.56 Å². The number of nitrogens with zero attached hydrogens (tertiary/aromatic N) is 3. The topological polar surface area (TPSA) is 114 Å². The van der Waals surface area contributed by atoms with Crippen LogP contribution in [0.4, 0.5) is 0 Å². The highest BCUT2D eigenvalue weighted by Crippen LogP contribution is 2.25. The summed E-state index contributed by atoms with van der Waals surface area (Å²) in [7, 11) is 2.53. The summed E-state index contributed by atoms with van der Waals surface area (Å²) in [6, 6.07) is 4.70. The average molecular weight is 417 g/mol. The molecule has 0 atom stereocenters. The van der Waals surface area contributed by atoms with Crippen LogP contribution in [0.5, 0.6) is 0 Å². The minimum atomic E-state index is -0.617. The summed E-state index contributed by atoms with van der Waals surface area (Å²) in [5.41, 5.74) is 0.523. The number of carbonyl (C=O) groups excluding carboxylic acids is 2. The lowest BCUT2D eigenvalue weighted by atomic mass is 10.1. The molecule has 0 aliphatic carbocycles. The van der Waals surface area contributed by atoms with Gasteiger partial charge in [0.2, 0.25) is 5.76 Å². The number of thioether (sulfide) groups is 1. The number of furan rings is 1. The van der Waals surface area contributed by atoms with Crippen LogP contribution >= 0.6 is 11.8 Å². The summed E-state index contributed by atoms with van der Waals surface area (Å²) >= 11 is 1.26. The number of methoxy groups -OCH3 is 2. The second-order valence-electron chi connectivity index (χ2n) is 5.99. The Bertz CT molecular complexity index is 1150. The third kappa shape index (κ3) is 4.02. The van der Waals surface area contributed by atoms with Gasteiger partial charge in [-0.05, 0) is 32.0 Å². The van der Waals surface area contributed by atoms with Crippen LogP contribution in [-0.2, 0) is 21.8 Å². The molecule has 3 heterocycles. The maximum Gasteiger partial charge on any atom is 0.373 e. The lowest BCUT2D eigenvalue weighted by Gasteiger charge is -2.14. The second kappa shape index (κ2) is 8.48. The van der Waals surface area contributed by atoms with Gasteiger partial charge in [-0.15, -0.1) is 0 Å². The lowest BCUT2D eigenvalue weighted by molar-refractivity contribution is 0.0562. The van der Waals surface area contributed by atoms with Crippen LogP contribution < -0.4 is 5.56 Å². The molecule has 29 heavy (non-hydrogen) atoms. The maximum absolute atomic E-state index is 12.7. The standard InChI is InChI=1S/C19H19N3O6S/c1-5-22-15-14(12(17(24)26-3)8-10(2)20-15)16(23)21-19(22)29-9-11-6-7-13(28-11)18(25)27-4/h6-8H,5,9H2,1-4H3. The zero-order chi connectivity index (χ0) is 21.1. The first-order valence-electron chi connectivity index (χ1n) is 8.69. The van der Waals surface area contributed by atoms with E-state index < -0.39 is 17.5 Å². The van der Waals surface area contributed by atoms with Crippen molar-refractivity contribution in [2.45, 2.75) is 31.3 Å². The SMILES string of the molecule is CCn1c(SCc2ccc(C(=O)OC)o2)nc(=O)c2c(C(=O)OC)cc(C)nc21. The fraction of sp³-hybridized carbons (Fsp3) is 0.316. The van der Waals surface area contributed by atoms with Gasteiger partial charge in [-0.25, -0.2) is 14.6 Å². The predicted octanol–water partition coefficient (Wildman–Crippen LogP) is 2.58. The molecule has 0 radical (unpaired) electrons. The molecule has 3 aromatic heterocycles. The van der Waals surface area contributed by atoms with Crippen molar-refractivity contribution in [3.05, 3.63) is 51.3 Å². The monoisotopic (exact) mass is 417 g/mol. The lowest BCUT2D eigenvalue weighted by Crippen LogP contribution is -2.20. The van der Waals surface area contributed by atoms with Gasteiger partial charge in [-0.1, -0.05) is 11.8 Å². The molecule has 0 aliphatic rings. The Balaban J connectivity index is 2.03. The summed E-state index contributed by atoms with van der Waals surface area (Å²) in [5, 5.41) is 0.551. The van der Waals surface area contributed by atoms with Crippen molar-refractivity contribution >= 4 is 34.7 Å². The van der Waals surface area contributed by atoms with Crippen LogP contribution in [-0.4, -0.2) is 40.7 Å². The Hall–Kier alpha value is -3.14. The molecule has 0 fully saturated rings. The van der Waals surface area contributed by atoms with E-state index in [-0.39, 0.29) is 16.7 Å². The van der Waals surface area contributed by atoms with E-state index in [1.165, 1.54) is 38.1 Å². The van der Waals surface area contributed by atoms with E-state index in [1.807, 2.05) is 6.92 Å². The van der Waals surface area contributed by atoms with Crippen LogP contribution in [0.25, 0.3) is 11.0 Å². The summed E-state index contributed by atoms with van der Waals surface area (Å²) in [6.07, 6.45) is 0. The highest BCUT2D eigenvalue weighted by Gasteiger charge is 2.20. The van der Waals surface area contributed by atoms with Crippen molar-refractivity contribution in [2.24, 2.45) is 0 Å².